The minimum absolute atomic E-state index is 0.0350. The maximum atomic E-state index is 11.7. The first-order chi connectivity index (χ1) is 8.65. The van der Waals surface area contributed by atoms with Crippen LogP contribution in [0.3, 0.4) is 0 Å². The van der Waals surface area contributed by atoms with Crippen LogP contribution in [0, 0.1) is 0 Å². The molecular formula is C12H9NO4S. The van der Waals surface area contributed by atoms with Crippen LogP contribution in [0.4, 0.5) is 0 Å². The van der Waals surface area contributed by atoms with Crippen molar-refractivity contribution in [3.63, 3.8) is 0 Å². The highest BCUT2D eigenvalue weighted by atomic mass is 32.1. The van der Waals surface area contributed by atoms with Gasteiger partial charge < -0.3 is 9.84 Å². The van der Waals surface area contributed by atoms with Crippen molar-refractivity contribution < 1.29 is 19.4 Å². The predicted molar refractivity (Wildman–Crippen MR) is 65.8 cm³/mol. The van der Waals surface area contributed by atoms with E-state index in [1.54, 1.807) is 11.6 Å². The number of methoxy groups -OCH3 is 1. The molecule has 0 radical (unpaired) electrons. The molecule has 2 aromatic rings. The maximum absolute atomic E-state index is 11.7. The number of benzene rings is 1. The highest BCUT2D eigenvalue weighted by Crippen LogP contribution is 2.30. The standard InChI is InChI=1S/C12H9NO4S/c1-17-12(16)8-4-2-3-7(11(14)15)9(8)10-13-5-6-18-10/h2-6H,1H3,(H,14,15). The lowest BCUT2D eigenvalue weighted by molar-refractivity contribution is 0.0601. The van der Waals surface area contributed by atoms with Crippen LogP contribution in [0.5, 0.6) is 0 Å². The fourth-order valence-corrected chi connectivity index (χ4v) is 2.30. The van der Waals surface area contributed by atoms with E-state index in [1.807, 2.05) is 0 Å². The molecule has 1 aromatic carbocycles. The number of rotatable bonds is 3. The summed E-state index contributed by atoms with van der Waals surface area (Å²) in [5.74, 6) is -1.69. The van der Waals surface area contributed by atoms with Crippen molar-refractivity contribution in [1.29, 1.82) is 0 Å². The fourth-order valence-electron chi connectivity index (χ4n) is 1.59. The van der Waals surface area contributed by atoms with Crippen molar-refractivity contribution >= 4 is 23.3 Å². The number of aromatic nitrogens is 1. The Morgan fingerprint density at radius 1 is 1.33 bits per heavy atom. The molecule has 1 aromatic heterocycles. The molecule has 0 fully saturated rings. The molecule has 6 heteroatoms. The zero-order valence-electron chi connectivity index (χ0n) is 9.41. The predicted octanol–water partition coefficient (Wildman–Crippen LogP) is 2.29. The summed E-state index contributed by atoms with van der Waals surface area (Å²) in [7, 11) is 1.25. The molecule has 1 heterocycles. The zero-order valence-corrected chi connectivity index (χ0v) is 10.2. The van der Waals surface area contributed by atoms with Crippen molar-refractivity contribution in [3.05, 3.63) is 40.9 Å². The number of nitrogens with zero attached hydrogens (tertiary/aromatic N) is 1. The molecule has 2 rings (SSSR count). The first-order valence-corrected chi connectivity index (χ1v) is 5.87. The third-order valence-corrected chi connectivity index (χ3v) is 3.14. The lowest BCUT2D eigenvalue weighted by Gasteiger charge is -2.08. The van der Waals surface area contributed by atoms with Crippen molar-refractivity contribution in [3.8, 4) is 10.6 Å². The number of esters is 1. The molecule has 0 spiro atoms. The maximum Gasteiger partial charge on any atom is 0.338 e. The number of hydrogen-bond donors (Lipinski definition) is 1. The molecule has 0 saturated carbocycles. The van der Waals surface area contributed by atoms with E-state index in [0.29, 0.717) is 10.6 Å². The van der Waals surface area contributed by atoms with Gasteiger partial charge in [0.05, 0.1) is 18.2 Å². The minimum atomic E-state index is -1.11. The molecule has 0 bridgehead atoms. The number of ether oxygens (including phenoxy) is 1. The summed E-state index contributed by atoms with van der Waals surface area (Å²) in [6.45, 7) is 0. The second kappa shape index (κ2) is 4.97. The quantitative estimate of drug-likeness (QED) is 0.860. The van der Waals surface area contributed by atoms with Crippen molar-refractivity contribution in [1.82, 2.24) is 4.98 Å². The Labute approximate surface area is 107 Å². The lowest BCUT2D eigenvalue weighted by atomic mass is 10.0. The van der Waals surface area contributed by atoms with E-state index in [1.165, 1.54) is 36.6 Å². The van der Waals surface area contributed by atoms with E-state index in [2.05, 4.69) is 9.72 Å². The van der Waals surface area contributed by atoms with E-state index in [0.717, 1.165) is 0 Å². The van der Waals surface area contributed by atoms with Gasteiger partial charge in [-0.15, -0.1) is 11.3 Å². The average Bonchev–Trinajstić information content (AvgIpc) is 2.90. The summed E-state index contributed by atoms with van der Waals surface area (Å²) in [6.07, 6.45) is 1.56. The summed E-state index contributed by atoms with van der Waals surface area (Å²) >= 11 is 1.27. The highest BCUT2D eigenvalue weighted by molar-refractivity contribution is 7.13. The Hall–Kier alpha value is -2.21. The van der Waals surface area contributed by atoms with Gasteiger partial charge in [-0.05, 0) is 12.1 Å². The number of hydrogen-bond acceptors (Lipinski definition) is 5. The molecular weight excluding hydrogens is 254 g/mol. The summed E-state index contributed by atoms with van der Waals surface area (Å²) in [5, 5.41) is 11.4. The molecule has 0 amide bonds. The van der Waals surface area contributed by atoms with Gasteiger partial charge in [0.1, 0.15) is 5.01 Å². The second-order valence-electron chi connectivity index (χ2n) is 3.36. The Kier molecular flexibility index (Phi) is 3.38. The van der Waals surface area contributed by atoms with E-state index >= 15 is 0 Å². The van der Waals surface area contributed by atoms with Gasteiger partial charge in [0, 0.05) is 17.1 Å². The Balaban J connectivity index is 2.72. The molecule has 1 N–H and O–H groups in total. The van der Waals surface area contributed by atoms with E-state index in [-0.39, 0.29) is 11.1 Å². The smallest absolute Gasteiger partial charge is 0.338 e. The summed E-state index contributed by atoms with van der Waals surface area (Å²) < 4.78 is 4.65. The van der Waals surface area contributed by atoms with Gasteiger partial charge in [0.2, 0.25) is 0 Å². The van der Waals surface area contributed by atoms with Gasteiger partial charge in [-0.25, -0.2) is 14.6 Å². The Morgan fingerprint density at radius 3 is 2.61 bits per heavy atom. The second-order valence-corrected chi connectivity index (χ2v) is 4.26. The Morgan fingerprint density at radius 2 is 2.06 bits per heavy atom. The van der Waals surface area contributed by atoms with Crippen LogP contribution in [0.2, 0.25) is 0 Å². The zero-order chi connectivity index (χ0) is 13.1. The van der Waals surface area contributed by atoms with Crippen LogP contribution in [-0.2, 0) is 4.74 Å². The lowest BCUT2D eigenvalue weighted by Crippen LogP contribution is -2.08. The van der Waals surface area contributed by atoms with Crippen LogP contribution in [0.15, 0.2) is 29.8 Å². The molecule has 0 aliphatic heterocycles. The monoisotopic (exact) mass is 263 g/mol. The van der Waals surface area contributed by atoms with E-state index < -0.39 is 11.9 Å². The van der Waals surface area contributed by atoms with Gasteiger partial charge in [-0.3, -0.25) is 0 Å². The van der Waals surface area contributed by atoms with Crippen LogP contribution in [0.25, 0.3) is 10.6 Å². The summed E-state index contributed by atoms with van der Waals surface area (Å²) in [4.78, 5) is 26.9. The SMILES string of the molecule is COC(=O)c1cccc(C(=O)O)c1-c1nccs1. The number of carbonyl (C=O) groups excluding carboxylic acids is 1. The molecule has 0 aliphatic carbocycles. The average molecular weight is 263 g/mol. The molecule has 18 heavy (non-hydrogen) atoms. The van der Waals surface area contributed by atoms with Crippen molar-refractivity contribution in [2.24, 2.45) is 0 Å². The van der Waals surface area contributed by atoms with Gasteiger partial charge >= 0.3 is 11.9 Å². The third-order valence-electron chi connectivity index (χ3n) is 2.35. The number of aromatic carboxylic acids is 1. The van der Waals surface area contributed by atoms with Crippen LogP contribution in [0.1, 0.15) is 20.7 Å². The van der Waals surface area contributed by atoms with Gasteiger partial charge in [0.25, 0.3) is 0 Å². The third kappa shape index (κ3) is 2.10. The van der Waals surface area contributed by atoms with E-state index in [4.69, 9.17) is 5.11 Å². The number of carbonyl (C=O) groups is 2. The molecule has 0 aliphatic rings. The van der Waals surface area contributed by atoms with Crippen molar-refractivity contribution in [2.75, 3.05) is 7.11 Å². The number of thiazole rings is 1. The first kappa shape index (κ1) is 12.3. The van der Waals surface area contributed by atoms with Gasteiger partial charge in [-0.2, -0.15) is 0 Å². The summed E-state index contributed by atoms with van der Waals surface area (Å²) in [6, 6.07) is 4.47. The largest absolute Gasteiger partial charge is 0.478 e. The van der Waals surface area contributed by atoms with Gasteiger partial charge in [0.15, 0.2) is 0 Å². The van der Waals surface area contributed by atoms with Crippen molar-refractivity contribution in [2.45, 2.75) is 0 Å². The van der Waals surface area contributed by atoms with Crippen LogP contribution in [-0.4, -0.2) is 29.1 Å². The molecule has 5 nitrogen and oxygen atoms in total. The number of carboxylic acid groups (broad SMARTS) is 1. The van der Waals surface area contributed by atoms with Gasteiger partial charge in [-0.1, -0.05) is 6.07 Å². The molecule has 0 saturated heterocycles. The fraction of sp³-hybridized carbons (Fsp3) is 0.0833. The van der Waals surface area contributed by atoms with E-state index in [9.17, 15) is 9.59 Å². The first-order valence-electron chi connectivity index (χ1n) is 4.99. The highest BCUT2D eigenvalue weighted by Gasteiger charge is 2.21. The molecule has 92 valence electrons. The minimum Gasteiger partial charge on any atom is -0.478 e. The van der Waals surface area contributed by atoms with Crippen LogP contribution < -0.4 is 0 Å². The van der Waals surface area contributed by atoms with Crippen LogP contribution >= 0.6 is 11.3 Å². The number of carboxylic acids is 1. The molecule has 0 atom stereocenters. The normalized spacial score (nSPS) is 10.1. The topological polar surface area (TPSA) is 76.5 Å². The summed E-state index contributed by atoms with van der Waals surface area (Å²) in [5.41, 5.74) is 0.534. The molecule has 0 unspecified atom stereocenters. The Bertz CT molecular complexity index is 592.